The van der Waals surface area contributed by atoms with Crippen molar-refractivity contribution in [1.29, 1.82) is 0 Å². The van der Waals surface area contributed by atoms with Gasteiger partial charge in [0.2, 0.25) is 0 Å². The van der Waals surface area contributed by atoms with E-state index >= 15 is 0 Å². The van der Waals surface area contributed by atoms with Crippen LogP contribution in [0.1, 0.15) is 5.69 Å². The molecule has 0 radical (unpaired) electrons. The molecule has 2 aromatic heterocycles. The summed E-state index contributed by atoms with van der Waals surface area (Å²) in [5.74, 6) is 0. The summed E-state index contributed by atoms with van der Waals surface area (Å²) in [5.41, 5.74) is 2.82. The van der Waals surface area contributed by atoms with Gasteiger partial charge in [0, 0.05) is 55.7 Å². The highest BCUT2D eigenvalue weighted by atomic mass is 79.9. The fourth-order valence-corrected chi connectivity index (χ4v) is 3.70. The molecule has 0 bridgehead atoms. The highest BCUT2D eigenvalue weighted by Gasteiger charge is 2.24. The third-order valence-corrected chi connectivity index (χ3v) is 5.14. The van der Waals surface area contributed by atoms with Gasteiger partial charge in [-0.15, -0.1) is 0 Å². The molecule has 3 heterocycles. The standard InChI is InChI=1S/C18H18BrN5O2/c19-14-4-5-16(17(11-14)24(25)26)22-9-7-21(8-10-22)12-15-13-23-6-2-1-3-18(23)20-15/h1-6,11,13H,7-10,12H2. The zero-order chi connectivity index (χ0) is 18.1. The number of imidazole rings is 1. The van der Waals surface area contributed by atoms with Gasteiger partial charge in [0.25, 0.3) is 5.69 Å². The second-order valence-electron chi connectivity index (χ2n) is 6.35. The van der Waals surface area contributed by atoms with Crippen molar-refractivity contribution in [2.24, 2.45) is 0 Å². The molecule has 0 spiro atoms. The summed E-state index contributed by atoms with van der Waals surface area (Å²) in [6, 6.07) is 11.2. The van der Waals surface area contributed by atoms with E-state index in [9.17, 15) is 10.1 Å². The summed E-state index contributed by atoms with van der Waals surface area (Å²) in [7, 11) is 0. The fourth-order valence-electron chi connectivity index (χ4n) is 3.35. The van der Waals surface area contributed by atoms with Gasteiger partial charge in [-0.25, -0.2) is 4.98 Å². The van der Waals surface area contributed by atoms with Gasteiger partial charge < -0.3 is 9.30 Å². The van der Waals surface area contributed by atoms with Crippen molar-refractivity contribution < 1.29 is 4.92 Å². The Hall–Kier alpha value is -2.45. The molecule has 1 saturated heterocycles. The number of nitro benzene ring substituents is 1. The van der Waals surface area contributed by atoms with Crippen molar-refractivity contribution >= 4 is 33.0 Å². The van der Waals surface area contributed by atoms with E-state index in [4.69, 9.17) is 0 Å². The average Bonchev–Trinajstić information content (AvgIpc) is 3.04. The maximum Gasteiger partial charge on any atom is 0.293 e. The highest BCUT2D eigenvalue weighted by molar-refractivity contribution is 9.10. The first-order chi connectivity index (χ1) is 12.6. The number of halogens is 1. The molecule has 0 saturated carbocycles. The van der Waals surface area contributed by atoms with Crippen molar-refractivity contribution in [2.45, 2.75) is 6.54 Å². The highest BCUT2D eigenvalue weighted by Crippen LogP contribution is 2.31. The smallest absolute Gasteiger partial charge is 0.293 e. The van der Waals surface area contributed by atoms with E-state index in [1.807, 2.05) is 40.9 Å². The number of anilines is 1. The van der Waals surface area contributed by atoms with Crippen molar-refractivity contribution in [1.82, 2.24) is 14.3 Å². The third-order valence-electron chi connectivity index (χ3n) is 4.65. The van der Waals surface area contributed by atoms with Crippen LogP contribution in [-0.2, 0) is 6.54 Å². The molecule has 0 unspecified atom stereocenters. The predicted octanol–water partition coefficient (Wildman–Crippen LogP) is 3.33. The van der Waals surface area contributed by atoms with Crippen molar-refractivity contribution in [3.8, 4) is 0 Å². The molecule has 1 fully saturated rings. The Labute approximate surface area is 159 Å². The van der Waals surface area contributed by atoms with Gasteiger partial charge in [0.05, 0.1) is 10.6 Å². The minimum absolute atomic E-state index is 0.146. The zero-order valence-electron chi connectivity index (χ0n) is 14.1. The maximum atomic E-state index is 11.3. The molecule has 0 amide bonds. The van der Waals surface area contributed by atoms with E-state index in [2.05, 4.69) is 36.9 Å². The van der Waals surface area contributed by atoms with Crippen LogP contribution >= 0.6 is 15.9 Å². The van der Waals surface area contributed by atoms with E-state index in [-0.39, 0.29) is 10.6 Å². The van der Waals surface area contributed by atoms with E-state index in [0.717, 1.165) is 48.5 Å². The molecule has 7 nitrogen and oxygen atoms in total. The molecule has 1 aliphatic heterocycles. The zero-order valence-corrected chi connectivity index (χ0v) is 15.7. The lowest BCUT2D eigenvalue weighted by Gasteiger charge is -2.35. The minimum Gasteiger partial charge on any atom is -0.363 e. The normalized spacial score (nSPS) is 15.5. The summed E-state index contributed by atoms with van der Waals surface area (Å²) >= 11 is 3.31. The number of benzene rings is 1. The molecule has 3 aromatic rings. The van der Waals surface area contributed by atoms with Crippen LogP contribution < -0.4 is 4.90 Å². The van der Waals surface area contributed by atoms with E-state index in [0.29, 0.717) is 5.69 Å². The van der Waals surface area contributed by atoms with Crippen molar-refractivity contribution in [2.75, 3.05) is 31.1 Å². The Balaban J connectivity index is 1.43. The quantitative estimate of drug-likeness (QED) is 0.482. The Kier molecular flexibility index (Phi) is 4.60. The Morgan fingerprint density at radius 1 is 1.15 bits per heavy atom. The monoisotopic (exact) mass is 415 g/mol. The molecule has 26 heavy (non-hydrogen) atoms. The molecule has 8 heteroatoms. The van der Waals surface area contributed by atoms with Gasteiger partial charge in [-0.1, -0.05) is 22.0 Å². The van der Waals surface area contributed by atoms with Crippen LogP contribution in [0.2, 0.25) is 0 Å². The Bertz CT molecular complexity index is 917. The van der Waals surface area contributed by atoms with E-state index in [1.54, 1.807) is 6.07 Å². The molecule has 1 aliphatic rings. The van der Waals surface area contributed by atoms with Gasteiger partial charge in [-0.3, -0.25) is 15.0 Å². The molecule has 1 aromatic carbocycles. The third kappa shape index (κ3) is 3.42. The lowest BCUT2D eigenvalue weighted by Crippen LogP contribution is -2.46. The van der Waals surface area contributed by atoms with Crippen molar-refractivity contribution in [3.05, 3.63) is 69.1 Å². The number of hydrogen-bond acceptors (Lipinski definition) is 5. The van der Waals surface area contributed by atoms with E-state index in [1.165, 1.54) is 0 Å². The average molecular weight is 416 g/mol. The lowest BCUT2D eigenvalue weighted by molar-refractivity contribution is -0.384. The first kappa shape index (κ1) is 17.0. The SMILES string of the molecule is O=[N+]([O-])c1cc(Br)ccc1N1CCN(Cc2cn3ccccc3n2)CC1. The Morgan fingerprint density at radius 2 is 1.96 bits per heavy atom. The molecular formula is C18H18BrN5O2. The number of fused-ring (bicyclic) bond motifs is 1. The topological polar surface area (TPSA) is 66.9 Å². The van der Waals surface area contributed by atoms with Gasteiger partial charge in [0.15, 0.2) is 0 Å². The van der Waals surface area contributed by atoms with Gasteiger partial charge >= 0.3 is 0 Å². The van der Waals surface area contributed by atoms with Crippen LogP contribution in [0.5, 0.6) is 0 Å². The van der Waals surface area contributed by atoms with Crippen LogP contribution in [0.4, 0.5) is 11.4 Å². The first-order valence-electron chi connectivity index (χ1n) is 8.44. The van der Waals surface area contributed by atoms with Crippen LogP contribution in [-0.4, -0.2) is 45.4 Å². The first-order valence-corrected chi connectivity index (χ1v) is 9.23. The number of pyridine rings is 1. The summed E-state index contributed by atoms with van der Waals surface area (Å²) in [6.07, 6.45) is 4.05. The van der Waals surface area contributed by atoms with Crippen LogP contribution in [0.3, 0.4) is 0 Å². The largest absolute Gasteiger partial charge is 0.363 e. The Morgan fingerprint density at radius 3 is 2.69 bits per heavy atom. The van der Waals surface area contributed by atoms with Crippen LogP contribution in [0.25, 0.3) is 5.65 Å². The number of hydrogen-bond donors (Lipinski definition) is 0. The lowest BCUT2D eigenvalue weighted by atomic mass is 10.2. The van der Waals surface area contributed by atoms with Crippen LogP contribution in [0, 0.1) is 10.1 Å². The second kappa shape index (κ2) is 7.05. The maximum absolute atomic E-state index is 11.3. The molecule has 134 valence electrons. The molecule has 4 rings (SSSR count). The fraction of sp³-hybridized carbons (Fsp3) is 0.278. The van der Waals surface area contributed by atoms with Gasteiger partial charge in [-0.05, 0) is 24.3 Å². The summed E-state index contributed by atoms with van der Waals surface area (Å²) in [6.45, 7) is 4.01. The molecular weight excluding hydrogens is 398 g/mol. The molecule has 0 atom stereocenters. The number of piperazine rings is 1. The second-order valence-corrected chi connectivity index (χ2v) is 7.27. The number of nitrogens with zero attached hydrogens (tertiary/aromatic N) is 5. The number of rotatable bonds is 4. The predicted molar refractivity (Wildman–Crippen MR) is 103 cm³/mol. The van der Waals surface area contributed by atoms with Crippen LogP contribution in [0.15, 0.2) is 53.3 Å². The summed E-state index contributed by atoms with van der Waals surface area (Å²) in [4.78, 5) is 20.1. The molecule has 0 N–H and O–H groups in total. The molecule has 0 aliphatic carbocycles. The van der Waals surface area contributed by atoms with Crippen molar-refractivity contribution in [3.63, 3.8) is 0 Å². The number of nitro groups is 1. The summed E-state index contributed by atoms with van der Waals surface area (Å²) in [5, 5.41) is 11.3. The van der Waals surface area contributed by atoms with E-state index < -0.39 is 0 Å². The summed E-state index contributed by atoms with van der Waals surface area (Å²) < 4.78 is 2.75. The van der Waals surface area contributed by atoms with Gasteiger partial charge in [0.1, 0.15) is 11.3 Å². The number of aromatic nitrogens is 2. The van der Waals surface area contributed by atoms with Gasteiger partial charge in [-0.2, -0.15) is 0 Å². The minimum atomic E-state index is -0.316.